The van der Waals surface area contributed by atoms with Crippen molar-refractivity contribution in [3.05, 3.63) is 71.8 Å². The van der Waals surface area contributed by atoms with Crippen LogP contribution in [0.2, 0.25) is 0 Å². The van der Waals surface area contributed by atoms with Crippen LogP contribution in [-0.4, -0.2) is 11.9 Å². The monoisotopic (exact) mass is 322 g/mol. The van der Waals surface area contributed by atoms with E-state index in [0.717, 1.165) is 11.1 Å². The molecule has 0 heterocycles. The minimum Gasteiger partial charge on any atom is -0.423 e. The van der Waals surface area contributed by atoms with E-state index in [1.807, 2.05) is 54.6 Å². The largest absolute Gasteiger partial charge is 0.423 e. The van der Waals surface area contributed by atoms with Gasteiger partial charge in [0.2, 0.25) is 0 Å². The Hall–Kier alpha value is -3.14. The SMILES string of the molecule is CC(=O)Oc1ccc(C=CC=Cc2ccccc2)cc1OC(C)=O. The summed E-state index contributed by atoms with van der Waals surface area (Å²) in [5.74, 6) is -0.521. The van der Waals surface area contributed by atoms with Gasteiger partial charge in [0.25, 0.3) is 0 Å². The van der Waals surface area contributed by atoms with E-state index in [9.17, 15) is 9.59 Å². The van der Waals surface area contributed by atoms with Gasteiger partial charge in [-0.05, 0) is 23.3 Å². The van der Waals surface area contributed by atoms with Crippen LogP contribution in [0.25, 0.3) is 12.2 Å². The van der Waals surface area contributed by atoms with Gasteiger partial charge in [0.15, 0.2) is 11.5 Å². The molecule has 2 rings (SSSR count). The van der Waals surface area contributed by atoms with E-state index in [-0.39, 0.29) is 11.5 Å². The van der Waals surface area contributed by atoms with Crippen LogP contribution in [0, 0.1) is 0 Å². The normalized spacial score (nSPS) is 10.9. The van der Waals surface area contributed by atoms with Gasteiger partial charge < -0.3 is 9.47 Å². The molecule has 0 aromatic heterocycles. The van der Waals surface area contributed by atoms with E-state index in [2.05, 4.69) is 0 Å². The molecule has 0 amide bonds. The number of carbonyl (C=O) groups is 2. The standard InChI is InChI=1S/C20H18O4/c1-15(21)23-19-13-12-18(14-20(19)24-16(2)22)11-7-6-10-17-8-4-3-5-9-17/h3-14H,1-2H3. The van der Waals surface area contributed by atoms with Crippen LogP contribution in [0.5, 0.6) is 11.5 Å². The van der Waals surface area contributed by atoms with Crippen molar-refractivity contribution in [2.45, 2.75) is 13.8 Å². The number of ether oxygens (including phenoxy) is 2. The lowest BCUT2D eigenvalue weighted by Gasteiger charge is -2.09. The summed E-state index contributed by atoms with van der Waals surface area (Å²) in [5.41, 5.74) is 1.92. The lowest BCUT2D eigenvalue weighted by Crippen LogP contribution is -2.07. The molecule has 0 aliphatic heterocycles. The molecular weight excluding hydrogens is 304 g/mol. The van der Waals surface area contributed by atoms with Gasteiger partial charge >= 0.3 is 11.9 Å². The summed E-state index contributed by atoms with van der Waals surface area (Å²) < 4.78 is 10.1. The lowest BCUT2D eigenvalue weighted by atomic mass is 10.1. The molecule has 4 heteroatoms. The number of benzene rings is 2. The molecule has 0 unspecified atom stereocenters. The Bertz CT molecular complexity index is 773. The van der Waals surface area contributed by atoms with Crippen LogP contribution < -0.4 is 9.47 Å². The lowest BCUT2D eigenvalue weighted by molar-refractivity contribution is -0.134. The number of hydrogen-bond donors (Lipinski definition) is 0. The van der Waals surface area contributed by atoms with Gasteiger partial charge in [0, 0.05) is 13.8 Å². The minimum absolute atomic E-state index is 0.215. The summed E-state index contributed by atoms with van der Waals surface area (Å²) in [5, 5.41) is 0. The molecule has 0 N–H and O–H groups in total. The molecule has 122 valence electrons. The summed E-state index contributed by atoms with van der Waals surface area (Å²) in [6, 6.07) is 15.0. The van der Waals surface area contributed by atoms with Gasteiger partial charge in [-0.1, -0.05) is 60.7 Å². The number of hydrogen-bond acceptors (Lipinski definition) is 4. The fourth-order valence-corrected chi connectivity index (χ4v) is 2.00. The molecule has 4 nitrogen and oxygen atoms in total. The van der Waals surface area contributed by atoms with Gasteiger partial charge in [-0.2, -0.15) is 0 Å². The van der Waals surface area contributed by atoms with Crippen molar-refractivity contribution in [1.82, 2.24) is 0 Å². The summed E-state index contributed by atoms with van der Waals surface area (Å²) in [6.07, 6.45) is 7.65. The van der Waals surface area contributed by atoms with Gasteiger partial charge in [-0.3, -0.25) is 9.59 Å². The Morgan fingerprint density at radius 2 is 1.33 bits per heavy atom. The van der Waals surface area contributed by atoms with Gasteiger partial charge in [-0.15, -0.1) is 0 Å². The first kappa shape index (κ1) is 17.2. The Morgan fingerprint density at radius 3 is 1.96 bits per heavy atom. The smallest absolute Gasteiger partial charge is 0.308 e. The molecule has 24 heavy (non-hydrogen) atoms. The van der Waals surface area contributed by atoms with E-state index in [0.29, 0.717) is 0 Å². The third kappa shape index (κ3) is 5.57. The number of allylic oxidation sites excluding steroid dienone is 2. The van der Waals surface area contributed by atoms with Crippen molar-refractivity contribution >= 4 is 24.1 Å². The summed E-state index contributed by atoms with van der Waals surface area (Å²) in [4.78, 5) is 22.3. The third-order valence-corrected chi connectivity index (χ3v) is 2.96. The predicted molar refractivity (Wildman–Crippen MR) is 93.6 cm³/mol. The van der Waals surface area contributed by atoms with E-state index < -0.39 is 11.9 Å². The highest BCUT2D eigenvalue weighted by Crippen LogP contribution is 2.29. The van der Waals surface area contributed by atoms with Crippen LogP contribution >= 0.6 is 0 Å². The first-order valence-corrected chi connectivity index (χ1v) is 7.45. The van der Waals surface area contributed by atoms with Crippen LogP contribution in [0.1, 0.15) is 25.0 Å². The Labute approximate surface area is 141 Å². The topological polar surface area (TPSA) is 52.6 Å². The quantitative estimate of drug-likeness (QED) is 0.469. The number of esters is 2. The number of rotatable bonds is 5. The zero-order chi connectivity index (χ0) is 17.4. The molecule has 2 aromatic rings. The predicted octanol–water partition coefficient (Wildman–Crippen LogP) is 4.26. The van der Waals surface area contributed by atoms with E-state index in [1.54, 1.807) is 18.2 Å². The molecule has 0 radical (unpaired) electrons. The van der Waals surface area contributed by atoms with Crippen molar-refractivity contribution in [3.63, 3.8) is 0 Å². The third-order valence-electron chi connectivity index (χ3n) is 2.96. The molecular formula is C20H18O4. The average Bonchev–Trinajstić information content (AvgIpc) is 2.54. The second kappa shape index (κ2) is 8.48. The number of carbonyl (C=O) groups excluding carboxylic acids is 2. The molecule has 0 aliphatic rings. The zero-order valence-electron chi connectivity index (χ0n) is 13.6. The van der Waals surface area contributed by atoms with Gasteiger partial charge in [-0.25, -0.2) is 0 Å². The second-order valence-corrected chi connectivity index (χ2v) is 5.02. The highest BCUT2D eigenvalue weighted by Gasteiger charge is 2.10. The zero-order valence-corrected chi connectivity index (χ0v) is 13.6. The summed E-state index contributed by atoms with van der Waals surface area (Å²) >= 11 is 0. The van der Waals surface area contributed by atoms with Crippen LogP contribution in [-0.2, 0) is 9.59 Å². The maximum Gasteiger partial charge on any atom is 0.308 e. The molecule has 0 saturated carbocycles. The molecule has 2 aromatic carbocycles. The molecule has 0 atom stereocenters. The second-order valence-electron chi connectivity index (χ2n) is 5.02. The molecule has 0 saturated heterocycles. The average molecular weight is 322 g/mol. The van der Waals surface area contributed by atoms with E-state index >= 15 is 0 Å². The van der Waals surface area contributed by atoms with Crippen molar-refractivity contribution in [1.29, 1.82) is 0 Å². The van der Waals surface area contributed by atoms with Crippen molar-refractivity contribution in [2.75, 3.05) is 0 Å². The van der Waals surface area contributed by atoms with E-state index in [1.165, 1.54) is 13.8 Å². The van der Waals surface area contributed by atoms with Gasteiger partial charge in [0.05, 0.1) is 0 Å². The van der Waals surface area contributed by atoms with Crippen LogP contribution in [0.4, 0.5) is 0 Å². The van der Waals surface area contributed by atoms with Crippen molar-refractivity contribution < 1.29 is 19.1 Å². The van der Waals surface area contributed by atoms with Crippen molar-refractivity contribution in [3.8, 4) is 11.5 Å². The first-order valence-electron chi connectivity index (χ1n) is 7.45. The highest BCUT2D eigenvalue weighted by atomic mass is 16.6. The molecule has 0 bridgehead atoms. The highest BCUT2D eigenvalue weighted by molar-refractivity contribution is 5.74. The van der Waals surface area contributed by atoms with E-state index in [4.69, 9.17) is 9.47 Å². The minimum atomic E-state index is -0.478. The van der Waals surface area contributed by atoms with Crippen LogP contribution in [0.3, 0.4) is 0 Å². The summed E-state index contributed by atoms with van der Waals surface area (Å²) in [7, 11) is 0. The molecule has 0 spiro atoms. The first-order chi connectivity index (χ1) is 11.5. The Morgan fingerprint density at radius 1 is 0.750 bits per heavy atom. The van der Waals surface area contributed by atoms with Crippen molar-refractivity contribution in [2.24, 2.45) is 0 Å². The van der Waals surface area contributed by atoms with Gasteiger partial charge in [0.1, 0.15) is 0 Å². The fraction of sp³-hybridized carbons (Fsp3) is 0.100. The Kier molecular flexibility index (Phi) is 6.08. The fourth-order valence-electron chi connectivity index (χ4n) is 2.00. The molecule has 0 fully saturated rings. The molecule has 0 aliphatic carbocycles. The Balaban J connectivity index is 2.15. The maximum absolute atomic E-state index is 11.2. The van der Waals surface area contributed by atoms with Crippen LogP contribution in [0.15, 0.2) is 60.7 Å². The maximum atomic E-state index is 11.2. The summed E-state index contributed by atoms with van der Waals surface area (Å²) in [6.45, 7) is 2.59.